The van der Waals surface area contributed by atoms with Crippen LogP contribution in [-0.2, 0) is 22.7 Å². The summed E-state index contributed by atoms with van der Waals surface area (Å²) in [5.74, 6) is -1.29. The molecule has 5 rings (SSSR count). The van der Waals surface area contributed by atoms with Crippen molar-refractivity contribution in [1.29, 1.82) is 0 Å². The van der Waals surface area contributed by atoms with E-state index >= 15 is 0 Å². The molecule has 1 aliphatic heterocycles. The van der Waals surface area contributed by atoms with E-state index in [0.29, 0.717) is 22.6 Å². The van der Waals surface area contributed by atoms with E-state index in [1.54, 1.807) is 35.1 Å². The molecule has 8 nitrogen and oxygen atoms in total. The fourth-order valence-electron chi connectivity index (χ4n) is 4.46. The lowest BCUT2D eigenvalue weighted by molar-refractivity contribution is -0.139. The van der Waals surface area contributed by atoms with E-state index in [4.69, 9.17) is 26.2 Å². The molecule has 10 heteroatoms. The third-order valence-electron chi connectivity index (χ3n) is 6.05. The first-order valence-corrected chi connectivity index (χ1v) is 11.5. The number of carboxylic acid groups (broad SMARTS) is 1. The van der Waals surface area contributed by atoms with Crippen molar-refractivity contribution in [2.24, 2.45) is 0 Å². The third-order valence-corrected chi connectivity index (χ3v) is 6.28. The van der Waals surface area contributed by atoms with Gasteiger partial charge in [0, 0.05) is 22.5 Å². The predicted octanol–water partition coefficient (Wildman–Crippen LogP) is 5.03. The van der Waals surface area contributed by atoms with Crippen LogP contribution in [0.25, 0.3) is 10.9 Å². The second-order valence-electron chi connectivity index (χ2n) is 8.30. The summed E-state index contributed by atoms with van der Waals surface area (Å²) >= 11 is 6.28. The Hall–Kier alpha value is -4.11. The van der Waals surface area contributed by atoms with E-state index in [1.165, 1.54) is 17.0 Å². The zero-order valence-corrected chi connectivity index (χ0v) is 19.7. The van der Waals surface area contributed by atoms with Crippen LogP contribution in [0, 0.1) is 5.82 Å². The average Bonchev–Trinajstić information content (AvgIpc) is 3.28. The summed E-state index contributed by atoms with van der Waals surface area (Å²) in [4.78, 5) is 26.0. The van der Waals surface area contributed by atoms with Gasteiger partial charge in [-0.15, -0.1) is 0 Å². The largest absolute Gasteiger partial charge is 0.482 e. The van der Waals surface area contributed by atoms with E-state index in [-0.39, 0.29) is 24.8 Å². The van der Waals surface area contributed by atoms with Crippen LogP contribution in [0.3, 0.4) is 0 Å². The first-order chi connectivity index (χ1) is 17.4. The molecule has 36 heavy (non-hydrogen) atoms. The lowest BCUT2D eigenvalue weighted by Gasteiger charge is -2.37. The van der Waals surface area contributed by atoms with Crippen LogP contribution in [0.5, 0.6) is 5.75 Å². The Kier molecular flexibility index (Phi) is 6.47. The number of amides is 1. The molecule has 2 heterocycles. The Balaban J connectivity index is 1.49. The lowest BCUT2D eigenvalue weighted by atomic mass is 9.88. The Morgan fingerprint density at radius 1 is 1.11 bits per heavy atom. The lowest BCUT2D eigenvalue weighted by Crippen LogP contribution is -2.41. The van der Waals surface area contributed by atoms with Gasteiger partial charge in [0.2, 0.25) is 0 Å². The molecule has 0 saturated heterocycles. The minimum absolute atomic E-state index is 0.107. The van der Waals surface area contributed by atoms with E-state index in [9.17, 15) is 14.0 Å². The summed E-state index contributed by atoms with van der Waals surface area (Å²) in [5, 5.41) is 14.7. The molecule has 1 aromatic heterocycles. The van der Waals surface area contributed by atoms with Gasteiger partial charge in [-0.1, -0.05) is 35.9 Å². The smallest absolute Gasteiger partial charge is 0.412 e. The Bertz CT molecular complexity index is 1460. The number of rotatable bonds is 6. The third kappa shape index (κ3) is 4.70. The highest BCUT2D eigenvalue weighted by molar-refractivity contribution is 6.30. The molecule has 0 bridgehead atoms. The van der Waals surface area contributed by atoms with Crippen LogP contribution in [0.15, 0.2) is 66.9 Å². The molecule has 1 amide bonds. The second kappa shape index (κ2) is 9.87. The number of ether oxygens (including phenoxy) is 2. The Labute approximate surface area is 210 Å². The number of benzene rings is 3. The minimum Gasteiger partial charge on any atom is -0.482 e. The molecule has 4 aromatic rings. The summed E-state index contributed by atoms with van der Waals surface area (Å²) in [5.41, 5.74) is 2.69. The fourth-order valence-corrected chi connectivity index (χ4v) is 4.64. The number of carbonyl (C=O) groups excluding carboxylic acids is 1. The topological polar surface area (TPSA) is 93.9 Å². The van der Waals surface area contributed by atoms with Crippen LogP contribution in [0.2, 0.25) is 5.02 Å². The first kappa shape index (κ1) is 23.6. The van der Waals surface area contributed by atoms with Gasteiger partial charge in [0.1, 0.15) is 11.6 Å². The molecular formula is C26H21ClFN3O5. The molecule has 0 aliphatic carbocycles. The molecule has 1 atom stereocenters. The maximum atomic E-state index is 14.0. The van der Waals surface area contributed by atoms with Gasteiger partial charge in [-0.2, -0.15) is 5.10 Å². The van der Waals surface area contributed by atoms with Gasteiger partial charge in [-0.25, -0.2) is 18.7 Å². The van der Waals surface area contributed by atoms with Crippen LogP contribution >= 0.6 is 11.6 Å². The van der Waals surface area contributed by atoms with Crippen molar-refractivity contribution in [2.45, 2.75) is 19.2 Å². The van der Waals surface area contributed by atoms with Crippen LogP contribution in [-0.4, -0.2) is 45.0 Å². The van der Waals surface area contributed by atoms with E-state index in [2.05, 4.69) is 5.10 Å². The molecule has 0 saturated carbocycles. The highest BCUT2D eigenvalue weighted by Gasteiger charge is 2.35. The molecular weight excluding hydrogens is 489 g/mol. The molecule has 1 aliphatic rings. The SMILES string of the molecule is O=C(O)COc1ccc(Cl)cc1C1c2ccc(F)cc2CCN1C(=O)OCn1ncc2ccccc21. The van der Waals surface area contributed by atoms with Crippen molar-refractivity contribution in [1.82, 2.24) is 14.7 Å². The van der Waals surface area contributed by atoms with Crippen molar-refractivity contribution < 1.29 is 28.6 Å². The molecule has 1 N–H and O–H groups in total. The van der Waals surface area contributed by atoms with Gasteiger partial charge in [-0.3, -0.25) is 4.90 Å². The van der Waals surface area contributed by atoms with Gasteiger partial charge in [0.15, 0.2) is 13.3 Å². The Morgan fingerprint density at radius 2 is 1.94 bits per heavy atom. The number of carbonyl (C=O) groups is 2. The van der Waals surface area contributed by atoms with Gasteiger partial charge >= 0.3 is 12.1 Å². The van der Waals surface area contributed by atoms with Crippen LogP contribution in [0.1, 0.15) is 22.7 Å². The minimum atomic E-state index is -1.15. The normalized spacial score (nSPS) is 14.9. The maximum Gasteiger partial charge on any atom is 0.412 e. The van der Waals surface area contributed by atoms with Crippen LogP contribution in [0.4, 0.5) is 9.18 Å². The highest BCUT2D eigenvalue weighted by atomic mass is 35.5. The highest BCUT2D eigenvalue weighted by Crippen LogP contribution is 2.41. The quantitative estimate of drug-likeness (QED) is 0.391. The number of halogens is 2. The summed E-state index contributed by atoms with van der Waals surface area (Å²) in [6.45, 7) is -0.442. The summed E-state index contributed by atoms with van der Waals surface area (Å²) < 4.78 is 26.7. The molecule has 0 fully saturated rings. The number of carboxylic acids is 1. The number of hydrogen-bond acceptors (Lipinski definition) is 5. The summed E-state index contributed by atoms with van der Waals surface area (Å²) in [6, 6.07) is 15.9. The second-order valence-corrected chi connectivity index (χ2v) is 8.73. The predicted molar refractivity (Wildman–Crippen MR) is 129 cm³/mol. The van der Waals surface area contributed by atoms with Crippen molar-refractivity contribution >= 4 is 34.6 Å². The number of para-hydroxylation sites is 1. The molecule has 0 radical (unpaired) electrons. The summed E-state index contributed by atoms with van der Waals surface area (Å²) in [6.07, 6.45) is 1.49. The van der Waals surface area contributed by atoms with E-state index in [0.717, 1.165) is 16.5 Å². The standard InChI is InChI=1S/C26H21ClFN3O5/c27-18-5-8-23(35-14-24(32)33)21(12-18)25-20-7-6-19(28)11-16(20)9-10-30(25)26(34)36-15-31-22-4-2-1-3-17(22)13-29-31/h1-8,11-13,25H,9-10,14-15H2,(H,32,33). The monoisotopic (exact) mass is 509 g/mol. The molecule has 3 aromatic carbocycles. The zero-order chi connectivity index (χ0) is 25.2. The van der Waals surface area contributed by atoms with Crippen molar-refractivity contribution in [2.75, 3.05) is 13.2 Å². The van der Waals surface area contributed by atoms with Gasteiger partial charge in [-0.05, 0) is 53.9 Å². The molecule has 0 spiro atoms. The van der Waals surface area contributed by atoms with Gasteiger partial charge in [0.25, 0.3) is 0 Å². The number of aromatic nitrogens is 2. The molecule has 1 unspecified atom stereocenters. The first-order valence-electron chi connectivity index (χ1n) is 11.2. The summed E-state index contributed by atoms with van der Waals surface area (Å²) in [7, 11) is 0. The van der Waals surface area contributed by atoms with Gasteiger partial charge in [0.05, 0.1) is 17.8 Å². The number of nitrogens with zero attached hydrogens (tertiary/aromatic N) is 3. The van der Waals surface area contributed by atoms with Crippen molar-refractivity contribution in [3.8, 4) is 5.75 Å². The van der Waals surface area contributed by atoms with E-state index < -0.39 is 24.7 Å². The molecule has 184 valence electrons. The number of fused-ring (bicyclic) bond motifs is 2. The number of hydrogen-bond donors (Lipinski definition) is 1. The number of aliphatic carboxylic acids is 1. The van der Waals surface area contributed by atoms with Crippen molar-refractivity contribution in [3.63, 3.8) is 0 Å². The zero-order valence-electron chi connectivity index (χ0n) is 18.9. The Morgan fingerprint density at radius 3 is 2.78 bits per heavy atom. The fraction of sp³-hybridized carbons (Fsp3) is 0.192. The van der Waals surface area contributed by atoms with Gasteiger partial charge < -0.3 is 14.6 Å². The maximum absolute atomic E-state index is 14.0. The van der Waals surface area contributed by atoms with Crippen LogP contribution < -0.4 is 4.74 Å². The average molecular weight is 510 g/mol. The van der Waals surface area contributed by atoms with E-state index in [1.807, 2.05) is 24.3 Å². The van der Waals surface area contributed by atoms with Crippen molar-refractivity contribution in [3.05, 3.63) is 94.4 Å².